The summed E-state index contributed by atoms with van der Waals surface area (Å²) in [6.07, 6.45) is 0. The van der Waals surface area contributed by atoms with Gasteiger partial charge in [0, 0.05) is 53.5 Å². The minimum Gasteiger partial charge on any atom is -0.497 e. The molecule has 0 aliphatic carbocycles. The first-order valence-electron chi connectivity index (χ1n) is 12.5. The second kappa shape index (κ2) is 9.39. The van der Waals surface area contributed by atoms with Crippen molar-refractivity contribution in [1.82, 2.24) is 14.8 Å². The van der Waals surface area contributed by atoms with Crippen molar-refractivity contribution in [2.75, 3.05) is 38.7 Å². The first-order valence-corrected chi connectivity index (χ1v) is 12.5. The Bertz CT molecular complexity index is 1580. The molecule has 1 spiro atoms. The summed E-state index contributed by atoms with van der Waals surface area (Å²) >= 11 is 0. The number of halogens is 2. The van der Waals surface area contributed by atoms with Crippen molar-refractivity contribution in [2.24, 2.45) is 0 Å². The fraction of sp³-hybridized carbons (Fsp3) is 0.241. The van der Waals surface area contributed by atoms with Crippen LogP contribution in [0, 0.1) is 11.6 Å². The number of nitrogens with zero attached hydrogens (tertiary/aromatic N) is 2. The molecule has 0 bridgehead atoms. The summed E-state index contributed by atoms with van der Waals surface area (Å²) in [6.45, 7) is 0.505. The van der Waals surface area contributed by atoms with Gasteiger partial charge in [-0.2, -0.15) is 0 Å². The third kappa shape index (κ3) is 4.17. The first-order chi connectivity index (χ1) is 18.8. The highest BCUT2D eigenvalue weighted by molar-refractivity contribution is 5.96. The monoisotopic (exact) mass is 532 g/mol. The lowest BCUT2D eigenvalue weighted by Gasteiger charge is -2.55. The van der Waals surface area contributed by atoms with Crippen molar-refractivity contribution in [3.05, 3.63) is 95.2 Å². The van der Waals surface area contributed by atoms with Gasteiger partial charge in [0.05, 0.1) is 25.2 Å². The quantitative estimate of drug-likeness (QED) is 0.362. The van der Waals surface area contributed by atoms with Crippen molar-refractivity contribution in [1.29, 1.82) is 0 Å². The molecule has 200 valence electrons. The number of H-pyrrole nitrogens is 1. The molecule has 3 heterocycles. The number of methoxy groups -OCH3 is 1. The van der Waals surface area contributed by atoms with E-state index in [0.29, 0.717) is 35.8 Å². The van der Waals surface area contributed by atoms with Gasteiger partial charge in [0.2, 0.25) is 0 Å². The molecule has 0 unspecified atom stereocenters. The fourth-order valence-corrected chi connectivity index (χ4v) is 5.83. The number of urea groups is 1. The van der Waals surface area contributed by atoms with E-state index >= 15 is 0 Å². The Labute approximate surface area is 222 Å². The maximum absolute atomic E-state index is 13.7. The Morgan fingerprint density at radius 3 is 2.51 bits per heavy atom. The maximum atomic E-state index is 13.7. The summed E-state index contributed by atoms with van der Waals surface area (Å²) in [4.78, 5) is 33.3. The van der Waals surface area contributed by atoms with E-state index in [2.05, 4.69) is 10.3 Å². The van der Waals surface area contributed by atoms with Crippen molar-refractivity contribution in [3.8, 4) is 5.75 Å². The van der Waals surface area contributed by atoms with E-state index in [1.54, 1.807) is 23.0 Å². The number of hydrogen-bond acceptors (Lipinski definition) is 4. The molecule has 0 radical (unpaired) electrons. The van der Waals surface area contributed by atoms with E-state index in [1.165, 1.54) is 42.5 Å². The third-order valence-corrected chi connectivity index (χ3v) is 7.62. The zero-order valence-corrected chi connectivity index (χ0v) is 21.1. The van der Waals surface area contributed by atoms with Gasteiger partial charge in [0.1, 0.15) is 17.4 Å². The van der Waals surface area contributed by atoms with E-state index in [4.69, 9.17) is 4.74 Å². The SMILES string of the molecule is COc1ccc2c3c([nH]c2c1)[C@H](CO)N(C(=O)c1ccc(F)cc1)CC31CN(C(=O)Nc2cccc(F)c2)C1. The smallest absolute Gasteiger partial charge is 0.321 e. The van der Waals surface area contributed by atoms with E-state index < -0.39 is 23.1 Å². The zero-order chi connectivity index (χ0) is 27.3. The van der Waals surface area contributed by atoms with Crippen LogP contribution in [0.5, 0.6) is 5.75 Å². The van der Waals surface area contributed by atoms with Crippen LogP contribution in [0.1, 0.15) is 27.7 Å². The number of hydrogen-bond donors (Lipinski definition) is 3. The second-order valence-corrected chi connectivity index (χ2v) is 10.0. The van der Waals surface area contributed by atoms with Gasteiger partial charge < -0.3 is 29.9 Å². The molecule has 0 saturated carbocycles. The van der Waals surface area contributed by atoms with Gasteiger partial charge in [-0.3, -0.25) is 4.79 Å². The van der Waals surface area contributed by atoms with Crippen LogP contribution in [-0.4, -0.2) is 65.2 Å². The number of carbonyl (C=O) groups is 2. The zero-order valence-electron chi connectivity index (χ0n) is 21.1. The average molecular weight is 533 g/mol. The highest BCUT2D eigenvalue weighted by Gasteiger charge is 2.55. The molecule has 3 N–H and O–H groups in total. The Morgan fingerprint density at radius 1 is 1.05 bits per heavy atom. The lowest BCUT2D eigenvalue weighted by Crippen LogP contribution is -2.68. The number of aromatic amines is 1. The minimum absolute atomic E-state index is 0.240. The molecule has 1 saturated heterocycles. The highest BCUT2D eigenvalue weighted by Crippen LogP contribution is 2.49. The molecule has 1 fully saturated rings. The van der Waals surface area contributed by atoms with Gasteiger partial charge in [0.25, 0.3) is 5.91 Å². The Morgan fingerprint density at radius 2 is 1.82 bits per heavy atom. The number of fused-ring (bicyclic) bond motifs is 4. The number of ether oxygens (including phenoxy) is 1. The van der Waals surface area contributed by atoms with Crippen LogP contribution in [0.15, 0.2) is 66.7 Å². The Kier molecular flexibility index (Phi) is 5.99. The molecule has 8 nitrogen and oxygen atoms in total. The second-order valence-electron chi connectivity index (χ2n) is 10.0. The fourth-order valence-electron chi connectivity index (χ4n) is 5.83. The Balaban J connectivity index is 1.38. The maximum Gasteiger partial charge on any atom is 0.321 e. The number of likely N-dealkylation sites (tertiary alicyclic amines) is 1. The summed E-state index contributed by atoms with van der Waals surface area (Å²) in [7, 11) is 1.58. The predicted molar refractivity (Wildman–Crippen MR) is 141 cm³/mol. The van der Waals surface area contributed by atoms with Crippen LogP contribution >= 0.6 is 0 Å². The van der Waals surface area contributed by atoms with E-state index in [1.807, 2.05) is 18.2 Å². The van der Waals surface area contributed by atoms with Gasteiger partial charge >= 0.3 is 6.03 Å². The summed E-state index contributed by atoms with van der Waals surface area (Å²) in [5.74, 6) is -0.604. The van der Waals surface area contributed by atoms with E-state index in [0.717, 1.165) is 16.5 Å². The molecule has 2 aliphatic rings. The summed E-state index contributed by atoms with van der Waals surface area (Å²) in [5.41, 5.74) is 2.44. The molecular weight excluding hydrogens is 506 g/mol. The molecule has 39 heavy (non-hydrogen) atoms. The van der Waals surface area contributed by atoms with Crippen LogP contribution < -0.4 is 10.1 Å². The van der Waals surface area contributed by atoms with E-state index in [-0.39, 0.29) is 25.1 Å². The normalized spacial score (nSPS) is 17.6. The number of aromatic nitrogens is 1. The number of aliphatic hydroxyl groups is 1. The molecule has 6 rings (SSSR count). The van der Waals surface area contributed by atoms with Crippen molar-refractivity contribution in [3.63, 3.8) is 0 Å². The summed E-state index contributed by atoms with van der Waals surface area (Å²) < 4.78 is 32.6. The van der Waals surface area contributed by atoms with E-state index in [9.17, 15) is 23.5 Å². The average Bonchev–Trinajstić information content (AvgIpc) is 3.30. The molecule has 3 amide bonds. The molecule has 3 aromatic carbocycles. The predicted octanol–water partition coefficient (Wildman–Crippen LogP) is 4.43. The number of rotatable bonds is 4. The molecule has 4 aromatic rings. The molecule has 1 atom stereocenters. The van der Waals surface area contributed by atoms with Crippen LogP contribution in [0.2, 0.25) is 0 Å². The number of benzene rings is 3. The van der Waals surface area contributed by atoms with Gasteiger partial charge in [-0.25, -0.2) is 13.6 Å². The van der Waals surface area contributed by atoms with Gasteiger partial charge in [-0.05, 0) is 60.2 Å². The molecule has 10 heteroatoms. The summed E-state index contributed by atoms with van der Waals surface area (Å²) in [6, 6.07) is 15.6. The first kappa shape index (κ1) is 24.9. The summed E-state index contributed by atoms with van der Waals surface area (Å²) in [5, 5.41) is 14.1. The number of anilines is 1. The lowest BCUT2D eigenvalue weighted by molar-refractivity contribution is 0.0159. The highest BCUT2D eigenvalue weighted by atomic mass is 19.1. The largest absolute Gasteiger partial charge is 0.497 e. The van der Waals surface area contributed by atoms with Gasteiger partial charge in [-0.1, -0.05) is 6.07 Å². The van der Waals surface area contributed by atoms with Crippen molar-refractivity contribution >= 4 is 28.5 Å². The minimum atomic E-state index is -0.670. The van der Waals surface area contributed by atoms with Gasteiger partial charge in [0.15, 0.2) is 0 Å². The lowest BCUT2D eigenvalue weighted by atomic mass is 9.68. The molecule has 2 aliphatic heterocycles. The van der Waals surface area contributed by atoms with Crippen molar-refractivity contribution in [2.45, 2.75) is 11.5 Å². The van der Waals surface area contributed by atoms with Crippen LogP contribution in [-0.2, 0) is 5.41 Å². The van der Waals surface area contributed by atoms with Crippen LogP contribution in [0.4, 0.5) is 19.3 Å². The molecular formula is C29H26F2N4O4. The number of carbonyl (C=O) groups excluding carboxylic acids is 2. The van der Waals surface area contributed by atoms with Crippen LogP contribution in [0.25, 0.3) is 10.9 Å². The van der Waals surface area contributed by atoms with Crippen molar-refractivity contribution < 1.29 is 28.2 Å². The standard InChI is InChI=1S/C29H26F2N4O4/c1-39-21-9-10-22-23(12-21)33-26-24(13-36)35(27(37)17-5-7-18(30)8-6-17)16-29(25(22)26)14-34(15-29)28(38)32-20-4-2-3-19(31)11-20/h2-12,24,33,36H,13-16H2,1H3,(H,32,38)/t24-/m0/s1. The Hall–Kier alpha value is -4.44. The topological polar surface area (TPSA) is 97.9 Å². The third-order valence-electron chi connectivity index (χ3n) is 7.62. The number of nitrogens with one attached hydrogen (secondary N) is 2. The molecule has 1 aromatic heterocycles. The number of amides is 3. The van der Waals surface area contributed by atoms with Crippen LogP contribution in [0.3, 0.4) is 0 Å². The van der Waals surface area contributed by atoms with Gasteiger partial charge in [-0.15, -0.1) is 0 Å². The number of aliphatic hydroxyl groups excluding tert-OH is 1.